The Morgan fingerprint density at radius 3 is 2.22 bits per heavy atom. The van der Waals surface area contributed by atoms with Crippen LogP contribution in [-0.2, 0) is 4.79 Å². The fourth-order valence-corrected chi connectivity index (χ4v) is 2.45. The molecule has 0 spiro atoms. The number of hydrogen-bond acceptors (Lipinski definition) is 4. The van der Waals surface area contributed by atoms with E-state index in [2.05, 4.69) is 0 Å². The molecule has 0 aliphatic heterocycles. The topological polar surface area (TPSA) is 55.8 Å². The molecule has 3 aromatic carbocycles. The average Bonchev–Trinajstić information content (AvgIpc) is 2.73. The Kier molecular flexibility index (Phi) is 5.84. The van der Waals surface area contributed by atoms with Crippen LogP contribution in [0.4, 0.5) is 5.69 Å². The van der Waals surface area contributed by atoms with Gasteiger partial charge < -0.3 is 14.4 Å². The molecule has 0 aliphatic rings. The minimum Gasteiger partial charge on any atom is -0.483 e. The molecule has 27 heavy (non-hydrogen) atoms. The van der Waals surface area contributed by atoms with Crippen molar-refractivity contribution in [2.45, 2.75) is 0 Å². The van der Waals surface area contributed by atoms with Gasteiger partial charge >= 0.3 is 0 Å². The molecule has 3 rings (SSSR count). The number of carbonyl (C=O) groups is 2. The Labute approximate surface area is 157 Å². The van der Waals surface area contributed by atoms with Crippen LogP contribution in [0.15, 0.2) is 78.9 Å². The van der Waals surface area contributed by atoms with Crippen molar-refractivity contribution in [3.63, 3.8) is 0 Å². The van der Waals surface area contributed by atoms with Crippen LogP contribution < -0.4 is 14.4 Å². The number of nitrogens with zero attached hydrogens (tertiary/aromatic N) is 1. The zero-order chi connectivity index (χ0) is 19.1. The standard InChI is InChI=1S/C22H19NO4/c1-23(22(25)16-26-21-10-6-5-7-17(21)15-24)18-11-13-20(14-12-18)27-19-8-3-2-4-9-19/h2-15H,16H2,1H3. The summed E-state index contributed by atoms with van der Waals surface area (Å²) in [4.78, 5) is 24.9. The number of para-hydroxylation sites is 2. The van der Waals surface area contributed by atoms with Crippen molar-refractivity contribution < 1.29 is 19.1 Å². The van der Waals surface area contributed by atoms with Gasteiger partial charge in [0.05, 0.1) is 5.56 Å². The second kappa shape index (κ2) is 8.67. The minimum atomic E-state index is -0.229. The molecule has 0 saturated carbocycles. The number of carbonyl (C=O) groups excluding carboxylic acids is 2. The molecule has 0 aliphatic carbocycles. The second-order valence-electron chi connectivity index (χ2n) is 5.81. The number of likely N-dealkylation sites (N-methyl/N-ethyl adjacent to an activating group) is 1. The summed E-state index contributed by atoms with van der Waals surface area (Å²) in [7, 11) is 1.67. The predicted octanol–water partition coefficient (Wildman–Crippen LogP) is 4.33. The number of rotatable bonds is 7. The van der Waals surface area contributed by atoms with E-state index in [-0.39, 0.29) is 12.5 Å². The maximum absolute atomic E-state index is 12.4. The Morgan fingerprint density at radius 1 is 0.889 bits per heavy atom. The number of amides is 1. The van der Waals surface area contributed by atoms with Gasteiger partial charge in [0, 0.05) is 12.7 Å². The Balaban J connectivity index is 1.60. The van der Waals surface area contributed by atoms with E-state index < -0.39 is 0 Å². The maximum atomic E-state index is 12.4. The molecule has 136 valence electrons. The van der Waals surface area contributed by atoms with Crippen molar-refractivity contribution in [3.8, 4) is 17.2 Å². The van der Waals surface area contributed by atoms with Crippen LogP contribution in [0, 0.1) is 0 Å². The third-order valence-corrected chi connectivity index (χ3v) is 3.97. The summed E-state index contributed by atoms with van der Waals surface area (Å²) in [6, 6.07) is 23.5. The lowest BCUT2D eigenvalue weighted by Crippen LogP contribution is -2.31. The first-order valence-corrected chi connectivity index (χ1v) is 8.44. The average molecular weight is 361 g/mol. The molecule has 3 aromatic rings. The first-order valence-electron chi connectivity index (χ1n) is 8.44. The maximum Gasteiger partial charge on any atom is 0.264 e. The lowest BCUT2D eigenvalue weighted by atomic mass is 10.2. The van der Waals surface area contributed by atoms with Crippen molar-refractivity contribution in [2.75, 3.05) is 18.6 Å². The molecular weight excluding hydrogens is 342 g/mol. The molecule has 0 saturated heterocycles. The van der Waals surface area contributed by atoms with Gasteiger partial charge in [0.1, 0.15) is 17.2 Å². The van der Waals surface area contributed by atoms with Crippen LogP contribution in [0.5, 0.6) is 17.2 Å². The molecule has 0 unspecified atom stereocenters. The first kappa shape index (κ1) is 18.2. The quantitative estimate of drug-likeness (QED) is 0.588. The van der Waals surface area contributed by atoms with Crippen molar-refractivity contribution in [1.29, 1.82) is 0 Å². The van der Waals surface area contributed by atoms with Crippen LogP contribution >= 0.6 is 0 Å². The van der Waals surface area contributed by atoms with E-state index in [1.807, 2.05) is 30.3 Å². The molecule has 0 aromatic heterocycles. The van der Waals surface area contributed by atoms with E-state index in [0.717, 1.165) is 5.75 Å². The van der Waals surface area contributed by atoms with Gasteiger partial charge in [-0.25, -0.2) is 0 Å². The lowest BCUT2D eigenvalue weighted by Gasteiger charge is -2.18. The molecule has 0 fully saturated rings. The summed E-state index contributed by atoms with van der Waals surface area (Å²) in [5, 5.41) is 0. The minimum absolute atomic E-state index is 0.163. The Morgan fingerprint density at radius 2 is 1.52 bits per heavy atom. The van der Waals surface area contributed by atoms with Crippen molar-refractivity contribution in [2.24, 2.45) is 0 Å². The van der Waals surface area contributed by atoms with E-state index in [1.165, 1.54) is 4.90 Å². The molecule has 5 nitrogen and oxygen atoms in total. The van der Waals surface area contributed by atoms with Gasteiger partial charge in [-0.3, -0.25) is 9.59 Å². The van der Waals surface area contributed by atoms with Crippen molar-refractivity contribution >= 4 is 17.9 Å². The van der Waals surface area contributed by atoms with Gasteiger partial charge in [-0.1, -0.05) is 30.3 Å². The highest BCUT2D eigenvalue weighted by Gasteiger charge is 2.13. The fourth-order valence-electron chi connectivity index (χ4n) is 2.45. The summed E-state index contributed by atoms with van der Waals surface area (Å²) in [5.41, 5.74) is 1.13. The van der Waals surface area contributed by atoms with Crippen molar-refractivity contribution in [3.05, 3.63) is 84.4 Å². The second-order valence-corrected chi connectivity index (χ2v) is 5.81. The molecular formula is C22H19NO4. The van der Waals surface area contributed by atoms with Crippen LogP contribution in [0.3, 0.4) is 0 Å². The van der Waals surface area contributed by atoms with Crippen LogP contribution in [0.2, 0.25) is 0 Å². The van der Waals surface area contributed by atoms with E-state index >= 15 is 0 Å². The number of aldehydes is 1. The number of anilines is 1. The van der Waals surface area contributed by atoms with E-state index in [4.69, 9.17) is 9.47 Å². The summed E-state index contributed by atoms with van der Waals surface area (Å²) in [6.45, 7) is -0.163. The van der Waals surface area contributed by atoms with Gasteiger partial charge in [-0.15, -0.1) is 0 Å². The number of benzene rings is 3. The summed E-state index contributed by atoms with van der Waals surface area (Å²) in [6.07, 6.45) is 0.703. The number of ether oxygens (including phenoxy) is 2. The fraction of sp³-hybridized carbons (Fsp3) is 0.0909. The first-order chi connectivity index (χ1) is 13.2. The third-order valence-electron chi connectivity index (χ3n) is 3.97. The third kappa shape index (κ3) is 4.73. The zero-order valence-corrected chi connectivity index (χ0v) is 14.9. The van der Waals surface area contributed by atoms with Gasteiger partial charge in [0.25, 0.3) is 5.91 Å². The van der Waals surface area contributed by atoms with E-state index in [9.17, 15) is 9.59 Å². The number of hydrogen-bond donors (Lipinski definition) is 0. The van der Waals surface area contributed by atoms with E-state index in [1.54, 1.807) is 55.6 Å². The normalized spacial score (nSPS) is 10.1. The van der Waals surface area contributed by atoms with Gasteiger partial charge in [-0.2, -0.15) is 0 Å². The molecule has 1 amide bonds. The smallest absolute Gasteiger partial charge is 0.264 e. The molecule has 0 radical (unpaired) electrons. The SMILES string of the molecule is CN(C(=O)COc1ccccc1C=O)c1ccc(Oc2ccccc2)cc1. The summed E-state index contributed by atoms with van der Waals surface area (Å²) < 4.78 is 11.2. The van der Waals surface area contributed by atoms with Gasteiger partial charge in [0.15, 0.2) is 12.9 Å². The van der Waals surface area contributed by atoms with Gasteiger partial charge in [0.2, 0.25) is 0 Å². The van der Waals surface area contributed by atoms with Crippen LogP contribution in [-0.4, -0.2) is 25.8 Å². The van der Waals surface area contributed by atoms with Crippen LogP contribution in [0.1, 0.15) is 10.4 Å². The summed E-state index contributed by atoms with van der Waals surface area (Å²) in [5.74, 6) is 1.59. The largest absolute Gasteiger partial charge is 0.483 e. The van der Waals surface area contributed by atoms with E-state index in [0.29, 0.717) is 29.0 Å². The lowest BCUT2D eigenvalue weighted by molar-refractivity contribution is -0.120. The monoisotopic (exact) mass is 361 g/mol. The molecule has 0 heterocycles. The highest BCUT2D eigenvalue weighted by atomic mass is 16.5. The van der Waals surface area contributed by atoms with Gasteiger partial charge in [-0.05, 0) is 48.5 Å². The Bertz CT molecular complexity index is 907. The van der Waals surface area contributed by atoms with Crippen molar-refractivity contribution in [1.82, 2.24) is 0 Å². The highest BCUT2D eigenvalue weighted by molar-refractivity contribution is 5.94. The Hall–Kier alpha value is -3.60. The summed E-state index contributed by atoms with van der Waals surface area (Å²) >= 11 is 0. The zero-order valence-electron chi connectivity index (χ0n) is 14.9. The predicted molar refractivity (Wildman–Crippen MR) is 104 cm³/mol. The highest BCUT2D eigenvalue weighted by Crippen LogP contribution is 2.24. The van der Waals surface area contributed by atoms with Crippen LogP contribution in [0.25, 0.3) is 0 Å². The molecule has 0 bridgehead atoms. The molecule has 5 heteroatoms. The molecule has 0 N–H and O–H groups in total. The molecule has 0 atom stereocenters.